The molecule has 23 heavy (non-hydrogen) atoms. The fourth-order valence-electron chi connectivity index (χ4n) is 2.10. The van der Waals surface area contributed by atoms with Gasteiger partial charge < -0.3 is 10.1 Å². The molecular weight excluding hydrogens is 316 g/mol. The molecule has 1 unspecified atom stereocenters. The number of hydrogen-bond acceptors (Lipinski definition) is 4. The van der Waals surface area contributed by atoms with E-state index in [0.717, 1.165) is 11.1 Å². The Kier molecular flexibility index (Phi) is 5.34. The Labute approximate surface area is 139 Å². The van der Waals surface area contributed by atoms with E-state index in [-0.39, 0.29) is 10.7 Å². The highest BCUT2D eigenvalue weighted by atomic mass is 35.5. The van der Waals surface area contributed by atoms with Gasteiger partial charge in [-0.2, -0.15) is 0 Å². The lowest BCUT2D eigenvalue weighted by molar-refractivity contribution is -0.123. The van der Waals surface area contributed by atoms with Crippen molar-refractivity contribution in [1.29, 1.82) is 0 Å². The number of hydrogen-bond donors (Lipinski definition) is 1. The predicted octanol–water partition coefficient (Wildman–Crippen LogP) is 3.54. The number of rotatable bonds is 4. The second-order valence-electron chi connectivity index (χ2n) is 5.28. The number of aryl methyl sites for hydroxylation is 2. The molecule has 1 amide bonds. The Balaban J connectivity index is 2.01. The molecule has 0 spiro atoms. The molecule has 5 nitrogen and oxygen atoms in total. The van der Waals surface area contributed by atoms with Crippen LogP contribution in [0, 0.1) is 13.8 Å². The molecule has 0 saturated carbocycles. The lowest BCUT2D eigenvalue weighted by Crippen LogP contribution is -2.30. The summed E-state index contributed by atoms with van der Waals surface area (Å²) < 4.78 is 5.15. The highest BCUT2D eigenvalue weighted by Crippen LogP contribution is 2.15. The van der Waals surface area contributed by atoms with Crippen LogP contribution in [-0.2, 0) is 9.53 Å². The lowest BCUT2D eigenvalue weighted by Gasteiger charge is -2.14. The smallest absolute Gasteiger partial charge is 0.339 e. The summed E-state index contributed by atoms with van der Waals surface area (Å²) in [5.74, 6) is -1.03. The summed E-state index contributed by atoms with van der Waals surface area (Å²) in [6.45, 7) is 5.40. The zero-order chi connectivity index (χ0) is 17.0. The Morgan fingerprint density at radius 1 is 1.17 bits per heavy atom. The van der Waals surface area contributed by atoms with Gasteiger partial charge in [-0.25, -0.2) is 9.78 Å². The Morgan fingerprint density at radius 3 is 2.43 bits per heavy atom. The summed E-state index contributed by atoms with van der Waals surface area (Å²) in [5.41, 5.74) is 2.99. The van der Waals surface area contributed by atoms with Gasteiger partial charge in [0.2, 0.25) is 0 Å². The molecule has 0 aliphatic rings. The molecular formula is C17H17ClN2O3. The minimum Gasteiger partial charge on any atom is -0.449 e. The topological polar surface area (TPSA) is 68.3 Å². The summed E-state index contributed by atoms with van der Waals surface area (Å²) in [6, 6.07) is 8.57. The third-order valence-electron chi connectivity index (χ3n) is 3.10. The number of carbonyl (C=O) groups is 2. The minimum atomic E-state index is -0.935. The number of carbonyl (C=O) groups excluding carboxylic acids is 2. The molecule has 2 aromatic rings. The molecule has 0 bridgehead atoms. The highest BCUT2D eigenvalue weighted by Gasteiger charge is 2.19. The van der Waals surface area contributed by atoms with Gasteiger partial charge in [-0.05, 0) is 56.2 Å². The number of nitrogens with zero attached hydrogens (tertiary/aromatic N) is 1. The fraction of sp³-hybridized carbons (Fsp3) is 0.235. The van der Waals surface area contributed by atoms with Crippen LogP contribution in [0.3, 0.4) is 0 Å². The van der Waals surface area contributed by atoms with Crippen molar-refractivity contribution in [2.45, 2.75) is 26.9 Å². The summed E-state index contributed by atoms with van der Waals surface area (Å²) in [7, 11) is 0. The first-order valence-electron chi connectivity index (χ1n) is 7.07. The van der Waals surface area contributed by atoms with Gasteiger partial charge in [-0.3, -0.25) is 4.79 Å². The van der Waals surface area contributed by atoms with Crippen molar-refractivity contribution >= 4 is 29.2 Å². The van der Waals surface area contributed by atoms with Crippen LogP contribution < -0.4 is 5.32 Å². The van der Waals surface area contributed by atoms with Crippen LogP contribution in [0.1, 0.15) is 28.4 Å². The number of halogens is 1. The van der Waals surface area contributed by atoms with Crippen molar-refractivity contribution in [3.63, 3.8) is 0 Å². The van der Waals surface area contributed by atoms with Crippen LogP contribution in [0.5, 0.6) is 0 Å². The number of nitrogens with one attached hydrogen (secondary N) is 1. The zero-order valence-electron chi connectivity index (χ0n) is 13.1. The number of pyridine rings is 1. The fourth-order valence-corrected chi connectivity index (χ4v) is 2.28. The zero-order valence-corrected chi connectivity index (χ0v) is 13.8. The van der Waals surface area contributed by atoms with Gasteiger partial charge >= 0.3 is 5.97 Å². The van der Waals surface area contributed by atoms with Crippen molar-refractivity contribution in [2.75, 3.05) is 5.32 Å². The first kappa shape index (κ1) is 17.0. The van der Waals surface area contributed by atoms with Gasteiger partial charge in [0.1, 0.15) is 5.15 Å². The predicted molar refractivity (Wildman–Crippen MR) is 88.7 cm³/mol. The maximum atomic E-state index is 12.1. The van der Waals surface area contributed by atoms with Crippen molar-refractivity contribution in [3.05, 3.63) is 58.4 Å². The van der Waals surface area contributed by atoms with Crippen molar-refractivity contribution in [2.24, 2.45) is 0 Å². The van der Waals surface area contributed by atoms with Gasteiger partial charge in [0.25, 0.3) is 5.91 Å². The van der Waals surface area contributed by atoms with Crippen LogP contribution in [0.25, 0.3) is 0 Å². The first-order valence-corrected chi connectivity index (χ1v) is 7.44. The number of esters is 1. The summed E-state index contributed by atoms with van der Waals surface area (Å²) in [5, 5.41) is 2.92. The molecule has 1 aromatic heterocycles. The summed E-state index contributed by atoms with van der Waals surface area (Å²) >= 11 is 5.73. The summed E-state index contributed by atoms with van der Waals surface area (Å²) in [6.07, 6.45) is 0.467. The van der Waals surface area contributed by atoms with E-state index >= 15 is 0 Å². The van der Waals surface area contributed by atoms with Gasteiger partial charge in [-0.15, -0.1) is 0 Å². The van der Waals surface area contributed by atoms with E-state index in [9.17, 15) is 9.59 Å². The van der Waals surface area contributed by atoms with Gasteiger partial charge in [-0.1, -0.05) is 17.7 Å². The number of aromatic nitrogens is 1. The molecule has 120 valence electrons. The van der Waals surface area contributed by atoms with E-state index in [1.807, 2.05) is 32.0 Å². The standard InChI is InChI=1S/C17H17ClN2O3/c1-10-6-11(2)8-14(7-10)20-16(21)12(3)23-17(22)13-4-5-19-15(18)9-13/h4-9,12H,1-3H3,(H,20,21). The second kappa shape index (κ2) is 7.24. The number of amides is 1. The molecule has 0 saturated heterocycles. The Morgan fingerprint density at radius 2 is 1.83 bits per heavy atom. The third kappa shape index (κ3) is 4.79. The van der Waals surface area contributed by atoms with Crippen molar-refractivity contribution in [1.82, 2.24) is 4.98 Å². The molecule has 1 N–H and O–H groups in total. The second-order valence-corrected chi connectivity index (χ2v) is 5.67. The van der Waals surface area contributed by atoms with Crippen LogP contribution in [0.15, 0.2) is 36.5 Å². The molecule has 0 aliphatic heterocycles. The van der Waals surface area contributed by atoms with E-state index < -0.39 is 18.0 Å². The third-order valence-corrected chi connectivity index (χ3v) is 3.31. The van der Waals surface area contributed by atoms with Gasteiger partial charge in [0, 0.05) is 11.9 Å². The van der Waals surface area contributed by atoms with Crippen molar-refractivity contribution in [3.8, 4) is 0 Å². The number of anilines is 1. The van der Waals surface area contributed by atoms with E-state index in [4.69, 9.17) is 16.3 Å². The van der Waals surface area contributed by atoms with Crippen LogP contribution in [-0.4, -0.2) is 23.0 Å². The van der Waals surface area contributed by atoms with Crippen LogP contribution in [0.4, 0.5) is 5.69 Å². The van der Waals surface area contributed by atoms with Crippen molar-refractivity contribution < 1.29 is 14.3 Å². The molecule has 1 aromatic carbocycles. The SMILES string of the molecule is Cc1cc(C)cc(NC(=O)C(C)OC(=O)c2ccnc(Cl)c2)c1. The average Bonchev–Trinajstić information content (AvgIpc) is 2.45. The average molecular weight is 333 g/mol. The highest BCUT2D eigenvalue weighted by molar-refractivity contribution is 6.29. The Bertz CT molecular complexity index is 726. The lowest BCUT2D eigenvalue weighted by atomic mass is 10.1. The molecule has 1 atom stereocenters. The molecule has 0 fully saturated rings. The van der Waals surface area contributed by atoms with Gasteiger partial charge in [0.05, 0.1) is 5.56 Å². The molecule has 2 rings (SSSR count). The van der Waals surface area contributed by atoms with E-state index in [1.54, 1.807) is 0 Å². The monoisotopic (exact) mass is 332 g/mol. The van der Waals surface area contributed by atoms with E-state index in [2.05, 4.69) is 10.3 Å². The van der Waals surface area contributed by atoms with Crippen LogP contribution >= 0.6 is 11.6 Å². The quantitative estimate of drug-likeness (QED) is 0.687. The summed E-state index contributed by atoms with van der Waals surface area (Å²) in [4.78, 5) is 27.9. The van der Waals surface area contributed by atoms with Gasteiger partial charge in [0.15, 0.2) is 6.10 Å². The maximum absolute atomic E-state index is 12.1. The van der Waals surface area contributed by atoms with E-state index in [0.29, 0.717) is 5.69 Å². The number of benzene rings is 1. The first-order chi connectivity index (χ1) is 10.8. The number of ether oxygens (including phenoxy) is 1. The van der Waals surface area contributed by atoms with E-state index in [1.165, 1.54) is 25.3 Å². The maximum Gasteiger partial charge on any atom is 0.339 e. The Hall–Kier alpha value is -2.40. The molecule has 1 heterocycles. The van der Waals surface area contributed by atoms with Crippen LogP contribution in [0.2, 0.25) is 5.15 Å². The normalized spacial score (nSPS) is 11.7. The molecule has 6 heteroatoms. The minimum absolute atomic E-state index is 0.187. The molecule has 0 aliphatic carbocycles. The largest absolute Gasteiger partial charge is 0.449 e. The molecule has 0 radical (unpaired) electrons.